The molecule has 0 fully saturated rings. The van der Waals surface area contributed by atoms with Crippen LogP contribution in [-0.4, -0.2) is 21.7 Å². The third-order valence-electron chi connectivity index (χ3n) is 5.96. The van der Waals surface area contributed by atoms with E-state index in [-0.39, 0.29) is 11.8 Å². The van der Waals surface area contributed by atoms with Crippen LogP contribution in [0.4, 0.5) is 5.69 Å². The smallest absolute Gasteiger partial charge is 0.255 e. The number of pyridine rings is 1. The molecule has 0 atom stereocenters. The lowest BCUT2D eigenvalue weighted by Gasteiger charge is -2.24. The Balaban J connectivity index is 1.59. The molecule has 1 heterocycles. The predicted molar refractivity (Wildman–Crippen MR) is 139 cm³/mol. The van der Waals surface area contributed by atoms with Crippen LogP contribution in [0, 0.1) is 6.92 Å². The Bertz CT molecular complexity index is 1290. The van der Waals surface area contributed by atoms with E-state index in [1.54, 1.807) is 30.6 Å². The van der Waals surface area contributed by atoms with Gasteiger partial charge in [-0.3, -0.25) is 14.6 Å². The first-order valence-corrected chi connectivity index (χ1v) is 11.8. The molecule has 176 valence electrons. The van der Waals surface area contributed by atoms with Gasteiger partial charge in [0.2, 0.25) is 0 Å². The van der Waals surface area contributed by atoms with Crippen molar-refractivity contribution in [1.82, 2.24) is 9.88 Å². The molecule has 5 heteroatoms. The Hall–Kier alpha value is -4.25. The average Bonchev–Trinajstić information content (AvgIpc) is 2.90. The second-order valence-corrected chi connectivity index (χ2v) is 8.54. The Morgan fingerprint density at radius 2 is 1.51 bits per heavy atom. The maximum absolute atomic E-state index is 13.7. The molecule has 1 aromatic heterocycles. The van der Waals surface area contributed by atoms with Gasteiger partial charge >= 0.3 is 0 Å². The number of anilines is 1. The maximum Gasteiger partial charge on any atom is 0.255 e. The molecule has 0 spiro atoms. The van der Waals surface area contributed by atoms with Gasteiger partial charge in [0.25, 0.3) is 11.8 Å². The van der Waals surface area contributed by atoms with E-state index in [0.29, 0.717) is 29.9 Å². The van der Waals surface area contributed by atoms with E-state index >= 15 is 0 Å². The minimum atomic E-state index is -0.207. The molecule has 35 heavy (non-hydrogen) atoms. The van der Waals surface area contributed by atoms with Crippen molar-refractivity contribution < 1.29 is 9.59 Å². The van der Waals surface area contributed by atoms with Gasteiger partial charge in [-0.2, -0.15) is 0 Å². The monoisotopic (exact) mass is 463 g/mol. The topological polar surface area (TPSA) is 62.3 Å². The number of nitrogens with zero attached hydrogens (tertiary/aromatic N) is 2. The number of carbonyl (C=O) groups is 2. The van der Waals surface area contributed by atoms with Gasteiger partial charge in [0.05, 0.1) is 0 Å². The molecule has 4 aromatic rings. The van der Waals surface area contributed by atoms with E-state index in [0.717, 1.165) is 23.1 Å². The van der Waals surface area contributed by atoms with Crippen LogP contribution >= 0.6 is 0 Å². The summed E-state index contributed by atoms with van der Waals surface area (Å²) in [5.74, 6) is -0.315. The van der Waals surface area contributed by atoms with Crippen LogP contribution < -0.4 is 5.32 Å². The second kappa shape index (κ2) is 11.3. The molecule has 0 bridgehead atoms. The molecule has 0 saturated carbocycles. The molecular weight excluding hydrogens is 434 g/mol. The number of aryl methyl sites for hydroxylation is 2. The first-order chi connectivity index (χ1) is 17.0. The van der Waals surface area contributed by atoms with E-state index in [2.05, 4.69) is 41.5 Å². The van der Waals surface area contributed by atoms with Gasteiger partial charge in [0.15, 0.2) is 0 Å². The number of carbonyl (C=O) groups excluding carboxylic acids is 2. The molecule has 0 saturated heterocycles. The zero-order valence-corrected chi connectivity index (χ0v) is 20.1. The van der Waals surface area contributed by atoms with Crippen molar-refractivity contribution in [2.24, 2.45) is 0 Å². The number of amides is 2. The molecule has 4 rings (SSSR count). The van der Waals surface area contributed by atoms with E-state index in [9.17, 15) is 9.59 Å². The third-order valence-corrected chi connectivity index (χ3v) is 5.96. The minimum absolute atomic E-state index is 0.108. The van der Waals surface area contributed by atoms with Crippen LogP contribution in [-0.2, 0) is 19.5 Å². The largest absolute Gasteiger partial charge is 0.330 e. The highest BCUT2D eigenvalue weighted by Gasteiger charge is 2.19. The molecule has 0 unspecified atom stereocenters. The number of benzene rings is 3. The van der Waals surface area contributed by atoms with Gasteiger partial charge in [-0.1, -0.05) is 61.5 Å². The summed E-state index contributed by atoms with van der Waals surface area (Å²) in [7, 11) is 0. The van der Waals surface area contributed by atoms with Gasteiger partial charge < -0.3 is 10.2 Å². The Morgan fingerprint density at radius 1 is 0.800 bits per heavy atom. The Labute approximate surface area is 206 Å². The van der Waals surface area contributed by atoms with Crippen LogP contribution in [0.25, 0.3) is 0 Å². The lowest BCUT2D eigenvalue weighted by Crippen LogP contribution is -2.30. The lowest BCUT2D eigenvalue weighted by molar-refractivity contribution is 0.0729. The first kappa shape index (κ1) is 23.9. The van der Waals surface area contributed by atoms with Crippen molar-refractivity contribution in [3.8, 4) is 0 Å². The van der Waals surface area contributed by atoms with Crippen molar-refractivity contribution in [2.75, 3.05) is 5.32 Å². The van der Waals surface area contributed by atoms with Crippen molar-refractivity contribution in [2.45, 2.75) is 33.4 Å². The first-order valence-electron chi connectivity index (χ1n) is 11.8. The summed E-state index contributed by atoms with van der Waals surface area (Å²) in [5, 5.41) is 2.95. The Morgan fingerprint density at radius 3 is 2.20 bits per heavy atom. The number of hydrogen-bond donors (Lipinski definition) is 1. The van der Waals surface area contributed by atoms with Crippen LogP contribution in [0.15, 0.2) is 97.3 Å². The summed E-state index contributed by atoms with van der Waals surface area (Å²) in [4.78, 5) is 32.4. The van der Waals surface area contributed by atoms with Crippen molar-refractivity contribution in [1.29, 1.82) is 0 Å². The highest BCUT2D eigenvalue weighted by Crippen LogP contribution is 2.21. The molecule has 0 aliphatic heterocycles. The molecule has 5 nitrogen and oxygen atoms in total. The van der Waals surface area contributed by atoms with E-state index in [4.69, 9.17) is 0 Å². The fourth-order valence-corrected chi connectivity index (χ4v) is 3.87. The minimum Gasteiger partial charge on any atom is -0.330 e. The fourth-order valence-electron chi connectivity index (χ4n) is 3.87. The van der Waals surface area contributed by atoms with Gasteiger partial charge in [-0.25, -0.2) is 0 Å². The average molecular weight is 464 g/mol. The number of nitrogens with one attached hydrogen (secondary N) is 1. The van der Waals surface area contributed by atoms with Gasteiger partial charge in [0.1, 0.15) is 0 Å². The summed E-state index contributed by atoms with van der Waals surface area (Å²) in [6.45, 7) is 4.94. The second-order valence-electron chi connectivity index (χ2n) is 8.54. The van der Waals surface area contributed by atoms with Crippen molar-refractivity contribution in [3.63, 3.8) is 0 Å². The summed E-state index contributed by atoms with van der Waals surface area (Å²) in [5.41, 5.74) is 5.87. The lowest BCUT2D eigenvalue weighted by atomic mass is 10.1. The molecular formula is C30H29N3O2. The highest BCUT2D eigenvalue weighted by atomic mass is 16.2. The summed E-state index contributed by atoms with van der Waals surface area (Å²) >= 11 is 0. The normalized spacial score (nSPS) is 10.6. The SMILES string of the molecule is CCc1ccc(CN(Cc2cccnc2)C(=O)c2ccc(C)c(NC(=O)c3ccccc3)c2)cc1. The van der Waals surface area contributed by atoms with E-state index in [1.807, 2.05) is 54.3 Å². The summed E-state index contributed by atoms with van der Waals surface area (Å²) < 4.78 is 0. The third kappa shape index (κ3) is 6.21. The number of hydrogen-bond acceptors (Lipinski definition) is 3. The quantitative estimate of drug-likeness (QED) is 0.346. The van der Waals surface area contributed by atoms with Crippen LogP contribution in [0.2, 0.25) is 0 Å². The standard InChI is InChI=1S/C30H29N3O2/c1-3-23-12-14-24(15-13-23)20-33(21-25-8-7-17-31-19-25)30(35)27-16-11-22(2)28(18-27)32-29(34)26-9-5-4-6-10-26/h4-19H,3,20-21H2,1-2H3,(H,32,34). The maximum atomic E-state index is 13.7. The van der Waals surface area contributed by atoms with Gasteiger partial charge in [-0.15, -0.1) is 0 Å². The number of rotatable bonds is 8. The highest BCUT2D eigenvalue weighted by molar-refractivity contribution is 6.05. The molecule has 1 N–H and O–H groups in total. The van der Waals surface area contributed by atoms with E-state index < -0.39 is 0 Å². The molecule has 2 amide bonds. The van der Waals surface area contributed by atoms with Gasteiger partial charge in [-0.05, 0) is 65.9 Å². The molecule has 0 aliphatic rings. The summed E-state index contributed by atoms with van der Waals surface area (Å²) in [6.07, 6.45) is 4.47. The molecule has 0 radical (unpaired) electrons. The zero-order valence-electron chi connectivity index (χ0n) is 20.1. The number of aromatic nitrogens is 1. The Kier molecular flexibility index (Phi) is 7.68. The van der Waals surface area contributed by atoms with Crippen LogP contribution in [0.1, 0.15) is 49.9 Å². The zero-order chi connectivity index (χ0) is 24.6. The summed E-state index contributed by atoms with van der Waals surface area (Å²) in [6, 6.07) is 26.7. The van der Waals surface area contributed by atoms with Crippen molar-refractivity contribution in [3.05, 3.63) is 131 Å². The molecule has 3 aromatic carbocycles. The van der Waals surface area contributed by atoms with E-state index in [1.165, 1.54) is 5.56 Å². The van der Waals surface area contributed by atoms with Crippen LogP contribution in [0.3, 0.4) is 0 Å². The van der Waals surface area contributed by atoms with Crippen molar-refractivity contribution >= 4 is 17.5 Å². The van der Waals surface area contributed by atoms with Crippen LogP contribution in [0.5, 0.6) is 0 Å². The fraction of sp³-hybridized carbons (Fsp3) is 0.167. The molecule has 0 aliphatic carbocycles. The van der Waals surface area contributed by atoms with Gasteiger partial charge in [0, 0.05) is 42.3 Å². The predicted octanol–water partition coefficient (Wildman–Crippen LogP) is 6.05.